The Morgan fingerprint density at radius 3 is 2.32 bits per heavy atom. The number of amides is 1. The molecule has 1 fully saturated rings. The second kappa shape index (κ2) is 8.32. The average Bonchev–Trinajstić information content (AvgIpc) is 3.18. The molecule has 1 saturated heterocycles. The van der Waals surface area contributed by atoms with E-state index < -0.39 is 6.10 Å². The van der Waals surface area contributed by atoms with E-state index in [0.717, 1.165) is 31.7 Å². The first kappa shape index (κ1) is 17.7. The molecule has 1 aromatic heterocycles. The summed E-state index contributed by atoms with van der Waals surface area (Å²) in [6.45, 7) is 5.79. The van der Waals surface area contributed by atoms with Crippen molar-refractivity contribution < 1.29 is 9.90 Å². The first-order valence-electron chi connectivity index (χ1n) is 8.99. The van der Waals surface area contributed by atoms with E-state index in [-0.39, 0.29) is 11.9 Å². The lowest BCUT2D eigenvalue weighted by Gasteiger charge is -2.36. The van der Waals surface area contributed by atoms with E-state index in [1.807, 2.05) is 59.8 Å². The Hall–Kier alpha value is -2.11. The zero-order valence-electron chi connectivity index (χ0n) is 14.8. The molecule has 2 unspecified atom stereocenters. The van der Waals surface area contributed by atoms with Gasteiger partial charge in [0.25, 0.3) is 0 Å². The minimum Gasteiger partial charge on any atom is -0.387 e. The van der Waals surface area contributed by atoms with Gasteiger partial charge < -0.3 is 14.6 Å². The fourth-order valence-corrected chi connectivity index (χ4v) is 3.33. The average molecular weight is 341 g/mol. The summed E-state index contributed by atoms with van der Waals surface area (Å²) in [6, 6.07) is 13.9. The Kier molecular flexibility index (Phi) is 5.89. The van der Waals surface area contributed by atoms with Gasteiger partial charge in [-0.3, -0.25) is 9.69 Å². The molecule has 2 aromatic rings. The molecular weight excluding hydrogens is 314 g/mol. The van der Waals surface area contributed by atoms with Gasteiger partial charge in [0.1, 0.15) is 0 Å². The molecule has 0 spiro atoms. The van der Waals surface area contributed by atoms with Crippen molar-refractivity contribution in [3.63, 3.8) is 0 Å². The molecule has 0 bridgehead atoms. The zero-order chi connectivity index (χ0) is 17.6. The lowest BCUT2D eigenvalue weighted by molar-refractivity contribution is -0.133. The molecule has 1 N–H and O–H groups in total. The van der Waals surface area contributed by atoms with Gasteiger partial charge >= 0.3 is 0 Å². The van der Waals surface area contributed by atoms with Crippen LogP contribution in [-0.2, 0) is 4.79 Å². The van der Waals surface area contributed by atoms with Crippen LogP contribution in [-0.4, -0.2) is 58.1 Å². The highest BCUT2D eigenvalue weighted by Crippen LogP contribution is 2.17. The van der Waals surface area contributed by atoms with E-state index in [1.54, 1.807) is 0 Å². The number of carbonyl (C=O) groups excluding carboxylic acids is 1. The minimum atomic E-state index is -0.475. The first-order chi connectivity index (χ1) is 12.1. The molecule has 1 aliphatic rings. The van der Waals surface area contributed by atoms with Crippen LogP contribution >= 0.6 is 0 Å². The topological polar surface area (TPSA) is 48.7 Å². The molecule has 5 heteroatoms. The molecule has 5 nitrogen and oxygen atoms in total. The van der Waals surface area contributed by atoms with Crippen LogP contribution in [0.3, 0.4) is 0 Å². The third-order valence-electron chi connectivity index (χ3n) is 4.95. The molecule has 1 aromatic carbocycles. The highest BCUT2D eigenvalue weighted by atomic mass is 16.3. The summed E-state index contributed by atoms with van der Waals surface area (Å²) in [5.41, 5.74) is 0.946. The molecule has 0 aliphatic carbocycles. The van der Waals surface area contributed by atoms with Crippen LogP contribution < -0.4 is 0 Å². The van der Waals surface area contributed by atoms with Crippen molar-refractivity contribution in [3.05, 3.63) is 60.4 Å². The van der Waals surface area contributed by atoms with Gasteiger partial charge in [0.2, 0.25) is 5.91 Å². The number of hydrogen-bond acceptors (Lipinski definition) is 3. The highest BCUT2D eigenvalue weighted by Gasteiger charge is 2.24. The Morgan fingerprint density at radius 2 is 1.68 bits per heavy atom. The van der Waals surface area contributed by atoms with Crippen LogP contribution in [0.15, 0.2) is 54.9 Å². The summed E-state index contributed by atoms with van der Waals surface area (Å²) < 4.78 is 2.07. The SMILES string of the molecule is CC(CC(=O)N1CCN(CC(O)c2ccccc2)CC1)n1cccc1. The Balaban J connectivity index is 1.44. The maximum atomic E-state index is 12.5. The van der Waals surface area contributed by atoms with Gasteiger partial charge in [0.05, 0.1) is 6.10 Å². The first-order valence-corrected chi connectivity index (χ1v) is 8.99. The van der Waals surface area contributed by atoms with Crippen LogP contribution in [0.25, 0.3) is 0 Å². The van der Waals surface area contributed by atoms with Crippen LogP contribution in [0.2, 0.25) is 0 Å². The second-order valence-corrected chi connectivity index (χ2v) is 6.79. The number of benzene rings is 1. The van der Waals surface area contributed by atoms with Crippen molar-refractivity contribution in [1.82, 2.24) is 14.4 Å². The molecule has 25 heavy (non-hydrogen) atoms. The number of rotatable bonds is 6. The van der Waals surface area contributed by atoms with Gasteiger partial charge in [-0.05, 0) is 24.6 Å². The molecular formula is C20H27N3O2. The van der Waals surface area contributed by atoms with Crippen LogP contribution in [0, 0.1) is 0 Å². The number of carbonyl (C=O) groups is 1. The van der Waals surface area contributed by atoms with E-state index in [4.69, 9.17) is 0 Å². The summed E-state index contributed by atoms with van der Waals surface area (Å²) in [5.74, 6) is 0.212. The van der Waals surface area contributed by atoms with E-state index in [9.17, 15) is 9.90 Å². The number of aromatic nitrogens is 1. The number of nitrogens with zero attached hydrogens (tertiary/aromatic N) is 3. The Morgan fingerprint density at radius 1 is 1.04 bits per heavy atom. The molecule has 1 aliphatic heterocycles. The standard InChI is InChI=1S/C20H27N3O2/c1-17(22-9-5-6-10-22)15-20(25)23-13-11-21(12-14-23)16-19(24)18-7-3-2-4-8-18/h2-10,17,19,24H,11-16H2,1H3. The molecule has 2 heterocycles. The monoisotopic (exact) mass is 341 g/mol. The van der Waals surface area contributed by atoms with Crippen molar-refractivity contribution in [1.29, 1.82) is 0 Å². The van der Waals surface area contributed by atoms with Crippen molar-refractivity contribution >= 4 is 5.91 Å². The van der Waals surface area contributed by atoms with Gasteiger partial charge in [-0.2, -0.15) is 0 Å². The quantitative estimate of drug-likeness (QED) is 0.877. The fraction of sp³-hybridized carbons (Fsp3) is 0.450. The van der Waals surface area contributed by atoms with E-state index in [0.29, 0.717) is 13.0 Å². The number of aliphatic hydroxyl groups excluding tert-OH is 1. The second-order valence-electron chi connectivity index (χ2n) is 6.79. The molecule has 0 saturated carbocycles. The predicted octanol–water partition coefficient (Wildman–Crippen LogP) is 2.32. The summed E-state index contributed by atoms with van der Waals surface area (Å²) in [4.78, 5) is 16.7. The van der Waals surface area contributed by atoms with Crippen molar-refractivity contribution in [2.45, 2.75) is 25.5 Å². The molecule has 2 atom stereocenters. The number of aliphatic hydroxyl groups is 1. The zero-order valence-corrected chi connectivity index (χ0v) is 14.8. The predicted molar refractivity (Wildman–Crippen MR) is 98.2 cm³/mol. The van der Waals surface area contributed by atoms with E-state index in [1.165, 1.54) is 0 Å². The van der Waals surface area contributed by atoms with Gasteiger partial charge in [-0.15, -0.1) is 0 Å². The van der Waals surface area contributed by atoms with Crippen LogP contribution in [0.4, 0.5) is 0 Å². The normalized spacial score (nSPS) is 18.1. The lowest BCUT2D eigenvalue weighted by Crippen LogP contribution is -2.49. The van der Waals surface area contributed by atoms with Gasteiger partial charge in [0.15, 0.2) is 0 Å². The molecule has 0 radical (unpaired) electrons. The van der Waals surface area contributed by atoms with Gasteiger partial charge in [0, 0.05) is 57.6 Å². The van der Waals surface area contributed by atoms with E-state index >= 15 is 0 Å². The third kappa shape index (κ3) is 4.71. The maximum absolute atomic E-state index is 12.5. The van der Waals surface area contributed by atoms with Crippen molar-refractivity contribution in [2.75, 3.05) is 32.7 Å². The number of β-amino-alcohol motifs (C(OH)–C–C–N with tert-alkyl or cyclic N) is 1. The Labute approximate surface area is 149 Å². The third-order valence-corrected chi connectivity index (χ3v) is 4.95. The molecule has 1 amide bonds. The lowest BCUT2D eigenvalue weighted by atomic mass is 10.1. The summed E-state index contributed by atoms with van der Waals surface area (Å²) >= 11 is 0. The Bertz CT molecular complexity index is 649. The van der Waals surface area contributed by atoms with Gasteiger partial charge in [-0.1, -0.05) is 30.3 Å². The summed E-state index contributed by atoms with van der Waals surface area (Å²) in [6.07, 6.45) is 4.06. The van der Waals surface area contributed by atoms with E-state index in [2.05, 4.69) is 16.4 Å². The van der Waals surface area contributed by atoms with Crippen LogP contribution in [0.5, 0.6) is 0 Å². The van der Waals surface area contributed by atoms with Gasteiger partial charge in [-0.25, -0.2) is 0 Å². The van der Waals surface area contributed by atoms with Crippen molar-refractivity contribution in [2.24, 2.45) is 0 Å². The summed E-state index contributed by atoms with van der Waals surface area (Å²) in [7, 11) is 0. The van der Waals surface area contributed by atoms with Crippen molar-refractivity contribution in [3.8, 4) is 0 Å². The highest BCUT2D eigenvalue weighted by molar-refractivity contribution is 5.76. The number of hydrogen-bond donors (Lipinski definition) is 1. The molecule has 3 rings (SSSR count). The molecule has 134 valence electrons. The summed E-state index contributed by atoms with van der Waals surface area (Å²) in [5, 5.41) is 10.3. The fourth-order valence-electron chi connectivity index (χ4n) is 3.33. The minimum absolute atomic E-state index is 0.181. The number of piperazine rings is 1. The largest absolute Gasteiger partial charge is 0.387 e. The maximum Gasteiger partial charge on any atom is 0.224 e. The smallest absolute Gasteiger partial charge is 0.224 e. The van der Waals surface area contributed by atoms with Crippen LogP contribution in [0.1, 0.15) is 31.1 Å².